The van der Waals surface area contributed by atoms with Crippen LogP contribution in [0.4, 0.5) is 4.79 Å². The van der Waals surface area contributed by atoms with Crippen LogP contribution in [-0.2, 0) is 16.9 Å². The van der Waals surface area contributed by atoms with Crippen LogP contribution < -0.4 is 5.32 Å². The second-order valence-electron chi connectivity index (χ2n) is 8.63. The van der Waals surface area contributed by atoms with Crippen molar-refractivity contribution in [3.63, 3.8) is 0 Å². The summed E-state index contributed by atoms with van der Waals surface area (Å²) in [7, 11) is 0. The van der Waals surface area contributed by atoms with Gasteiger partial charge in [-0.2, -0.15) is 0 Å². The quantitative estimate of drug-likeness (QED) is 0.343. The van der Waals surface area contributed by atoms with Crippen molar-refractivity contribution in [2.24, 2.45) is 0 Å². The number of carbonyl (C=O) groups is 2. The van der Waals surface area contributed by atoms with Crippen LogP contribution in [0.2, 0.25) is 0 Å². The summed E-state index contributed by atoms with van der Waals surface area (Å²) in [6, 6.07) is 27.3. The van der Waals surface area contributed by atoms with Crippen LogP contribution in [0.3, 0.4) is 0 Å². The van der Waals surface area contributed by atoms with E-state index < -0.39 is 17.5 Å². The molecule has 1 aliphatic heterocycles. The number of hydrogen-bond acceptors (Lipinski definition) is 7. The maximum atomic E-state index is 13.9. The van der Waals surface area contributed by atoms with Crippen molar-refractivity contribution in [1.82, 2.24) is 25.6 Å². The molecule has 0 bridgehead atoms. The molecule has 3 amide bonds. The number of urea groups is 1. The summed E-state index contributed by atoms with van der Waals surface area (Å²) in [5.74, 6) is 0.379. The minimum absolute atomic E-state index is 0.107. The molecule has 9 nitrogen and oxygen atoms in total. The van der Waals surface area contributed by atoms with E-state index in [1.54, 1.807) is 6.92 Å². The zero-order valence-electron chi connectivity index (χ0n) is 19.8. The molecule has 6 rings (SSSR count). The maximum absolute atomic E-state index is 13.9. The average Bonchev–Trinajstić information content (AvgIpc) is 3.63. The molecular weight excluding hydrogens is 470 g/mol. The van der Waals surface area contributed by atoms with Crippen LogP contribution in [0.1, 0.15) is 22.8 Å². The number of nitrogens with zero attached hydrogens (tertiary/aromatic N) is 4. The Kier molecular flexibility index (Phi) is 5.37. The number of rotatable bonds is 6. The lowest BCUT2D eigenvalue weighted by molar-refractivity contribution is -0.130. The number of aromatic nitrogens is 3. The fourth-order valence-electron chi connectivity index (χ4n) is 4.62. The summed E-state index contributed by atoms with van der Waals surface area (Å²) in [5, 5.41) is 15.3. The number of aryl methyl sites for hydroxylation is 1. The molecule has 0 unspecified atom stereocenters. The van der Waals surface area contributed by atoms with E-state index in [0.717, 1.165) is 10.5 Å². The molecule has 0 radical (unpaired) electrons. The fraction of sp³-hybridized carbons (Fsp3) is 0.107. The normalized spacial score (nSPS) is 14.7. The number of nitrogens with one attached hydrogen (secondary N) is 1. The summed E-state index contributed by atoms with van der Waals surface area (Å²) in [5.41, 5.74) is 1.90. The van der Waals surface area contributed by atoms with Crippen molar-refractivity contribution in [1.29, 1.82) is 0 Å². The van der Waals surface area contributed by atoms with Crippen LogP contribution in [-0.4, -0.2) is 32.2 Å². The first-order chi connectivity index (χ1) is 18.1. The van der Waals surface area contributed by atoms with E-state index >= 15 is 0 Å². The number of imide groups is 1. The van der Waals surface area contributed by atoms with Crippen LogP contribution in [0, 0.1) is 6.92 Å². The highest BCUT2D eigenvalue weighted by atomic mass is 16.5. The summed E-state index contributed by atoms with van der Waals surface area (Å²) < 4.78 is 11.3. The van der Waals surface area contributed by atoms with Gasteiger partial charge >= 0.3 is 6.03 Å². The highest BCUT2D eigenvalue weighted by Gasteiger charge is 2.54. The highest BCUT2D eigenvalue weighted by molar-refractivity contribution is 6.09. The van der Waals surface area contributed by atoms with Gasteiger partial charge in [-0.05, 0) is 18.1 Å². The molecule has 0 atom stereocenters. The van der Waals surface area contributed by atoms with Gasteiger partial charge in [-0.3, -0.25) is 9.69 Å². The molecule has 1 fully saturated rings. The molecule has 0 aliphatic carbocycles. The van der Waals surface area contributed by atoms with Gasteiger partial charge in [0.1, 0.15) is 23.6 Å². The zero-order chi connectivity index (χ0) is 25.4. The monoisotopic (exact) mass is 491 g/mol. The molecule has 1 N–H and O–H groups in total. The van der Waals surface area contributed by atoms with Crippen molar-refractivity contribution in [2.45, 2.75) is 19.0 Å². The smallest absolute Gasteiger partial charge is 0.326 e. The van der Waals surface area contributed by atoms with Gasteiger partial charge in [0.15, 0.2) is 5.54 Å². The van der Waals surface area contributed by atoms with Crippen LogP contribution in [0.25, 0.3) is 22.7 Å². The standard InChI is InChI=1S/C28H21N5O4/c1-18-23(24(32-37-18)19-11-5-2-6-12-19)25-31-30-22(36-25)17-33-26(34)28(29-27(33)35,20-13-7-3-8-14-20)21-15-9-4-10-16-21/h2-16H,17H2,1H3,(H,29,35). The topological polar surface area (TPSA) is 114 Å². The lowest BCUT2D eigenvalue weighted by Crippen LogP contribution is -2.45. The number of benzene rings is 3. The van der Waals surface area contributed by atoms with Gasteiger partial charge in [0.25, 0.3) is 11.8 Å². The Morgan fingerprint density at radius 1 is 0.838 bits per heavy atom. The molecule has 2 aromatic heterocycles. The van der Waals surface area contributed by atoms with E-state index in [2.05, 4.69) is 20.7 Å². The lowest BCUT2D eigenvalue weighted by atomic mass is 9.82. The minimum atomic E-state index is -1.37. The maximum Gasteiger partial charge on any atom is 0.326 e. The molecule has 0 spiro atoms. The first-order valence-electron chi connectivity index (χ1n) is 11.7. The van der Waals surface area contributed by atoms with E-state index in [1.807, 2.05) is 91.0 Å². The predicted molar refractivity (Wildman–Crippen MR) is 133 cm³/mol. The molecule has 1 aliphatic rings. The van der Waals surface area contributed by atoms with Crippen LogP contribution >= 0.6 is 0 Å². The third kappa shape index (κ3) is 3.68. The second kappa shape index (κ2) is 8.87. The molecule has 1 saturated heterocycles. The Balaban J connectivity index is 1.34. The minimum Gasteiger partial charge on any atom is -0.419 e. The van der Waals surface area contributed by atoms with E-state index in [4.69, 9.17) is 8.94 Å². The zero-order valence-corrected chi connectivity index (χ0v) is 19.8. The highest BCUT2D eigenvalue weighted by Crippen LogP contribution is 2.37. The summed E-state index contributed by atoms with van der Waals surface area (Å²) in [6.07, 6.45) is 0. The van der Waals surface area contributed by atoms with Crippen molar-refractivity contribution in [3.05, 3.63) is 114 Å². The number of carbonyl (C=O) groups excluding carboxylic acids is 2. The van der Waals surface area contributed by atoms with Crippen molar-refractivity contribution < 1.29 is 18.5 Å². The second-order valence-corrected chi connectivity index (χ2v) is 8.63. The molecular formula is C28H21N5O4. The molecule has 5 aromatic rings. The third-order valence-electron chi connectivity index (χ3n) is 6.40. The summed E-state index contributed by atoms with van der Waals surface area (Å²) in [4.78, 5) is 28.2. The summed E-state index contributed by atoms with van der Waals surface area (Å²) >= 11 is 0. The molecule has 3 heterocycles. The average molecular weight is 492 g/mol. The van der Waals surface area contributed by atoms with Crippen molar-refractivity contribution >= 4 is 11.9 Å². The van der Waals surface area contributed by atoms with Gasteiger partial charge in [-0.15, -0.1) is 10.2 Å². The third-order valence-corrected chi connectivity index (χ3v) is 6.40. The Bertz CT molecular complexity index is 1540. The molecule has 9 heteroatoms. The molecule has 182 valence electrons. The first kappa shape index (κ1) is 22.4. The molecule has 37 heavy (non-hydrogen) atoms. The van der Waals surface area contributed by atoms with Crippen molar-refractivity contribution in [3.8, 4) is 22.7 Å². The van der Waals surface area contributed by atoms with E-state index in [0.29, 0.717) is 28.1 Å². The number of hydrogen-bond donors (Lipinski definition) is 1. The Morgan fingerprint density at radius 3 is 2.05 bits per heavy atom. The van der Waals surface area contributed by atoms with Gasteiger partial charge in [-0.25, -0.2) is 4.79 Å². The van der Waals surface area contributed by atoms with E-state index in [9.17, 15) is 9.59 Å². The first-order valence-corrected chi connectivity index (χ1v) is 11.7. The Hall–Kier alpha value is -5.05. The Morgan fingerprint density at radius 2 is 1.43 bits per heavy atom. The van der Waals surface area contributed by atoms with Gasteiger partial charge in [0, 0.05) is 5.56 Å². The van der Waals surface area contributed by atoms with Gasteiger partial charge < -0.3 is 14.3 Å². The Labute approximate surface area is 211 Å². The van der Waals surface area contributed by atoms with Crippen LogP contribution in [0.15, 0.2) is 99.9 Å². The van der Waals surface area contributed by atoms with Gasteiger partial charge in [0.2, 0.25) is 5.89 Å². The van der Waals surface area contributed by atoms with E-state index in [1.165, 1.54) is 0 Å². The van der Waals surface area contributed by atoms with Crippen molar-refractivity contribution in [2.75, 3.05) is 0 Å². The SMILES string of the molecule is Cc1onc(-c2ccccc2)c1-c1nnc(CN2C(=O)NC(c3ccccc3)(c3ccccc3)C2=O)o1. The molecule has 0 saturated carbocycles. The van der Waals surface area contributed by atoms with Crippen LogP contribution in [0.5, 0.6) is 0 Å². The van der Waals surface area contributed by atoms with Gasteiger partial charge in [-0.1, -0.05) is 96.2 Å². The predicted octanol–water partition coefficient (Wildman–Crippen LogP) is 4.70. The van der Waals surface area contributed by atoms with E-state index in [-0.39, 0.29) is 18.3 Å². The lowest BCUT2D eigenvalue weighted by Gasteiger charge is -2.27. The van der Waals surface area contributed by atoms with Gasteiger partial charge in [0.05, 0.1) is 0 Å². The summed E-state index contributed by atoms with van der Waals surface area (Å²) in [6.45, 7) is 1.56. The number of amides is 3. The largest absolute Gasteiger partial charge is 0.419 e. The fourth-order valence-corrected chi connectivity index (χ4v) is 4.62. The molecule has 3 aromatic carbocycles.